The van der Waals surface area contributed by atoms with Gasteiger partial charge in [-0.15, -0.1) is 0 Å². The molecule has 0 bridgehead atoms. The summed E-state index contributed by atoms with van der Waals surface area (Å²) in [5, 5.41) is 3.10. The van der Waals surface area contributed by atoms with Gasteiger partial charge in [-0.1, -0.05) is 6.07 Å². The van der Waals surface area contributed by atoms with Gasteiger partial charge in [0.25, 0.3) is 0 Å². The quantitative estimate of drug-likeness (QED) is 0.447. The Bertz CT molecular complexity index is 488. The summed E-state index contributed by atoms with van der Waals surface area (Å²) in [5.41, 5.74) is 2.64. The number of thiol groups is 1. The molecule has 0 spiro atoms. The Hall–Kier alpha value is -1.20. The molecule has 74 valence electrons. The van der Waals surface area contributed by atoms with Crippen LogP contribution >= 0.6 is 12.6 Å². The van der Waals surface area contributed by atoms with Crippen molar-refractivity contribution in [3.63, 3.8) is 0 Å². The standard InChI is InChI=1S/C9H11N3OS/c13-9-11-7-2-1-6(4-10-5-14)3-8(7)12-9/h1-3,10,14H,4-5H2,(H2,11,12,13). The van der Waals surface area contributed by atoms with Crippen LogP contribution in [0.4, 0.5) is 0 Å². The monoisotopic (exact) mass is 209 g/mol. The van der Waals surface area contributed by atoms with E-state index in [0.29, 0.717) is 5.88 Å². The van der Waals surface area contributed by atoms with Crippen LogP contribution in [-0.2, 0) is 6.54 Å². The Morgan fingerprint density at radius 1 is 1.29 bits per heavy atom. The Morgan fingerprint density at radius 3 is 2.86 bits per heavy atom. The number of benzene rings is 1. The summed E-state index contributed by atoms with van der Waals surface area (Å²) in [6.07, 6.45) is 0. The predicted molar refractivity (Wildman–Crippen MR) is 59.6 cm³/mol. The zero-order valence-corrected chi connectivity index (χ0v) is 8.40. The number of nitrogens with one attached hydrogen (secondary N) is 3. The number of fused-ring (bicyclic) bond motifs is 1. The minimum atomic E-state index is -0.167. The van der Waals surface area contributed by atoms with Crippen molar-refractivity contribution in [3.05, 3.63) is 34.2 Å². The van der Waals surface area contributed by atoms with Gasteiger partial charge in [0.05, 0.1) is 11.0 Å². The number of aromatic amines is 2. The fourth-order valence-electron chi connectivity index (χ4n) is 1.39. The molecule has 1 heterocycles. The Morgan fingerprint density at radius 2 is 2.07 bits per heavy atom. The van der Waals surface area contributed by atoms with Gasteiger partial charge in [0.1, 0.15) is 0 Å². The lowest BCUT2D eigenvalue weighted by atomic mass is 10.2. The van der Waals surface area contributed by atoms with Gasteiger partial charge in [-0.2, -0.15) is 12.6 Å². The van der Waals surface area contributed by atoms with Gasteiger partial charge in [-0.25, -0.2) is 4.79 Å². The van der Waals surface area contributed by atoms with E-state index in [1.807, 2.05) is 18.2 Å². The molecule has 14 heavy (non-hydrogen) atoms. The number of hydrogen-bond acceptors (Lipinski definition) is 3. The second kappa shape index (κ2) is 3.89. The SMILES string of the molecule is O=c1[nH]c2ccc(CNCS)cc2[nH]1. The molecular weight excluding hydrogens is 198 g/mol. The third kappa shape index (κ3) is 1.83. The lowest BCUT2D eigenvalue weighted by Gasteiger charge is -2.00. The third-order valence-corrected chi connectivity index (χ3v) is 2.24. The molecule has 2 rings (SSSR count). The molecule has 0 saturated heterocycles. The molecule has 0 fully saturated rings. The number of rotatable bonds is 3. The number of H-pyrrole nitrogens is 2. The minimum Gasteiger partial charge on any atom is -0.306 e. The van der Waals surface area contributed by atoms with Crippen LogP contribution in [0.25, 0.3) is 11.0 Å². The first-order valence-corrected chi connectivity index (χ1v) is 4.95. The highest BCUT2D eigenvalue weighted by atomic mass is 32.1. The molecule has 5 heteroatoms. The van der Waals surface area contributed by atoms with Crippen LogP contribution in [0.3, 0.4) is 0 Å². The molecule has 0 amide bonds. The first kappa shape index (κ1) is 9.36. The van der Waals surface area contributed by atoms with E-state index >= 15 is 0 Å². The Kier molecular flexibility index (Phi) is 2.60. The first-order valence-electron chi connectivity index (χ1n) is 4.32. The van der Waals surface area contributed by atoms with Crippen molar-refractivity contribution in [2.75, 3.05) is 5.88 Å². The van der Waals surface area contributed by atoms with Crippen LogP contribution < -0.4 is 11.0 Å². The maximum atomic E-state index is 11.0. The fraction of sp³-hybridized carbons (Fsp3) is 0.222. The zero-order chi connectivity index (χ0) is 9.97. The van der Waals surface area contributed by atoms with Gasteiger partial charge >= 0.3 is 5.69 Å². The number of hydrogen-bond donors (Lipinski definition) is 4. The molecule has 3 N–H and O–H groups in total. The van der Waals surface area contributed by atoms with Crippen molar-refractivity contribution in [1.29, 1.82) is 0 Å². The predicted octanol–water partition coefficient (Wildman–Crippen LogP) is 0.833. The average Bonchev–Trinajstić information content (AvgIpc) is 2.54. The van der Waals surface area contributed by atoms with Gasteiger partial charge in [0, 0.05) is 12.4 Å². The molecular formula is C9H11N3OS. The lowest BCUT2D eigenvalue weighted by molar-refractivity contribution is 0.799. The highest BCUT2D eigenvalue weighted by molar-refractivity contribution is 7.80. The third-order valence-electron chi connectivity index (χ3n) is 2.02. The van der Waals surface area contributed by atoms with Crippen molar-refractivity contribution < 1.29 is 0 Å². The van der Waals surface area contributed by atoms with Gasteiger partial charge in [0.2, 0.25) is 0 Å². The molecule has 0 radical (unpaired) electrons. The topological polar surface area (TPSA) is 60.7 Å². The molecule has 0 unspecified atom stereocenters. The average molecular weight is 209 g/mol. The van der Waals surface area contributed by atoms with Crippen LogP contribution in [0, 0.1) is 0 Å². The summed E-state index contributed by atoms with van der Waals surface area (Å²) < 4.78 is 0. The maximum Gasteiger partial charge on any atom is 0.323 e. The van der Waals surface area contributed by atoms with E-state index in [9.17, 15) is 4.79 Å². The van der Waals surface area contributed by atoms with Gasteiger partial charge in [0.15, 0.2) is 0 Å². The van der Waals surface area contributed by atoms with E-state index in [2.05, 4.69) is 27.9 Å². The lowest BCUT2D eigenvalue weighted by Crippen LogP contribution is -2.09. The summed E-state index contributed by atoms with van der Waals surface area (Å²) in [6.45, 7) is 0.757. The normalized spacial score (nSPS) is 10.9. The molecule has 1 aromatic carbocycles. The Labute approximate surface area is 86.1 Å². The smallest absolute Gasteiger partial charge is 0.306 e. The van der Waals surface area contributed by atoms with Crippen LogP contribution in [0.2, 0.25) is 0 Å². The van der Waals surface area contributed by atoms with Crippen molar-refractivity contribution in [2.45, 2.75) is 6.54 Å². The molecule has 4 nitrogen and oxygen atoms in total. The van der Waals surface area contributed by atoms with Crippen molar-refractivity contribution in [2.24, 2.45) is 0 Å². The summed E-state index contributed by atoms with van der Waals surface area (Å²) in [6, 6.07) is 5.81. The molecule has 2 aromatic rings. The zero-order valence-electron chi connectivity index (χ0n) is 7.50. The molecule has 0 aliphatic rings. The highest BCUT2D eigenvalue weighted by Crippen LogP contribution is 2.09. The van der Waals surface area contributed by atoms with E-state index in [0.717, 1.165) is 23.1 Å². The van der Waals surface area contributed by atoms with Gasteiger partial charge in [-0.3, -0.25) is 0 Å². The number of aromatic nitrogens is 2. The molecule has 0 saturated carbocycles. The largest absolute Gasteiger partial charge is 0.323 e. The molecule has 1 aromatic heterocycles. The summed E-state index contributed by atoms with van der Waals surface area (Å²) >= 11 is 4.05. The maximum absolute atomic E-state index is 11.0. The van der Waals surface area contributed by atoms with Gasteiger partial charge < -0.3 is 15.3 Å². The van der Waals surface area contributed by atoms with Crippen LogP contribution in [-0.4, -0.2) is 15.8 Å². The Balaban J connectivity index is 2.35. The van der Waals surface area contributed by atoms with E-state index in [4.69, 9.17) is 0 Å². The summed E-state index contributed by atoms with van der Waals surface area (Å²) in [5.74, 6) is 0.641. The van der Waals surface area contributed by atoms with Gasteiger partial charge in [-0.05, 0) is 17.7 Å². The van der Waals surface area contributed by atoms with E-state index in [1.165, 1.54) is 0 Å². The summed E-state index contributed by atoms with van der Waals surface area (Å²) in [4.78, 5) is 16.4. The van der Waals surface area contributed by atoms with Crippen LogP contribution in [0.15, 0.2) is 23.0 Å². The fourth-order valence-corrected chi connectivity index (χ4v) is 1.50. The molecule has 0 atom stereocenters. The highest BCUT2D eigenvalue weighted by Gasteiger charge is 1.98. The second-order valence-corrected chi connectivity index (χ2v) is 3.36. The van der Waals surface area contributed by atoms with E-state index in [-0.39, 0.29) is 5.69 Å². The first-order chi connectivity index (χ1) is 6.79. The van der Waals surface area contributed by atoms with E-state index in [1.54, 1.807) is 0 Å². The van der Waals surface area contributed by atoms with E-state index < -0.39 is 0 Å². The molecule has 0 aliphatic heterocycles. The van der Waals surface area contributed by atoms with Crippen LogP contribution in [0.1, 0.15) is 5.56 Å². The minimum absolute atomic E-state index is 0.167. The summed E-state index contributed by atoms with van der Waals surface area (Å²) in [7, 11) is 0. The second-order valence-electron chi connectivity index (χ2n) is 3.04. The molecule has 0 aliphatic carbocycles. The number of imidazole rings is 1. The van der Waals surface area contributed by atoms with Crippen molar-refractivity contribution >= 4 is 23.7 Å². The van der Waals surface area contributed by atoms with Crippen LogP contribution in [0.5, 0.6) is 0 Å². The van der Waals surface area contributed by atoms with Crippen molar-refractivity contribution in [1.82, 2.24) is 15.3 Å². The van der Waals surface area contributed by atoms with Crippen molar-refractivity contribution in [3.8, 4) is 0 Å².